The van der Waals surface area contributed by atoms with Crippen LogP contribution in [0.2, 0.25) is 0 Å². The van der Waals surface area contributed by atoms with Crippen LogP contribution in [-0.2, 0) is 0 Å². The molecule has 0 spiro atoms. The van der Waals surface area contributed by atoms with Crippen LogP contribution >= 0.6 is 0 Å². The predicted octanol–water partition coefficient (Wildman–Crippen LogP) is 1.96. The lowest BCUT2D eigenvalue weighted by atomic mass is 9.83. The van der Waals surface area contributed by atoms with Crippen LogP contribution in [0.15, 0.2) is 0 Å². The van der Waals surface area contributed by atoms with Crippen LogP contribution in [0.5, 0.6) is 0 Å². The molecule has 0 aromatic carbocycles. The molecular weight excluding hydrogens is 172 g/mol. The van der Waals surface area contributed by atoms with Crippen LogP contribution in [-0.4, -0.2) is 38.6 Å². The van der Waals surface area contributed by atoms with Gasteiger partial charge in [-0.05, 0) is 45.3 Å². The lowest BCUT2D eigenvalue weighted by Gasteiger charge is -2.26. The van der Waals surface area contributed by atoms with Crippen molar-refractivity contribution in [2.75, 3.05) is 33.7 Å². The smallest absolute Gasteiger partial charge is 0.0101 e. The van der Waals surface area contributed by atoms with Crippen molar-refractivity contribution in [3.8, 4) is 0 Å². The summed E-state index contributed by atoms with van der Waals surface area (Å²) in [5, 5.41) is 3.56. The minimum atomic E-state index is 0.952. The molecule has 0 atom stereocenters. The molecule has 1 saturated carbocycles. The maximum atomic E-state index is 3.56. The van der Waals surface area contributed by atoms with Crippen molar-refractivity contribution < 1.29 is 0 Å². The summed E-state index contributed by atoms with van der Waals surface area (Å²) in [5.41, 5.74) is 0. The van der Waals surface area contributed by atoms with E-state index in [1.54, 1.807) is 0 Å². The van der Waals surface area contributed by atoms with Crippen LogP contribution in [0.3, 0.4) is 0 Å². The van der Waals surface area contributed by atoms with E-state index in [1.165, 1.54) is 32.2 Å². The van der Waals surface area contributed by atoms with Gasteiger partial charge in [-0.1, -0.05) is 19.8 Å². The highest BCUT2D eigenvalue weighted by Crippen LogP contribution is 2.27. The van der Waals surface area contributed by atoms with Gasteiger partial charge in [0, 0.05) is 13.1 Å². The summed E-state index contributed by atoms with van der Waals surface area (Å²) in [5.74, 6) is 1.93. The summed E-state index contributed by atoms with van der Waals surface area (Å²) in [4.78, 5) is 2.23. The molecule has 84 valence electrons. The first-order valence-corrected chi connectivity index (χ1v) is 6.04. The Morgan fingerprint density at radius 2 is 1.79 bits per heavy atom. The second-order valence-corrected chi connectivity index (χ2v) is 5.13. The Balaban J connectivity index is 1.96. The molecule has 2 nitrogen and oxygen atoms in total. The number of nitrogens with zero attached hydrogens (tertiary/aromatic N) is 1. The first-order valence-electron chi connectivity index (χ1n) is 6.04. The van der Waals surface area contributed by atoms with Crippen molar-refractivity contribution in [2.45, 2.75) is 32.6 Å². The van der Waals surface area contributed by atoms with Gasteiger partial charge in [-0.15, -0.1) is 0 Å². The minimum absolute atomic E-state index is 0.952. The molecule has 0 amide bonds. The number of hydrogen-bond donors (Lipinski definition) is 1. The zero-order valence-corrected chi connectivity index (χ0v) is 10.1. The molecule has 1 aliphatic carbocycles. The van der Waals surface area contributed by atoms with Crippen LogP contribution in [0, 0.1) is 11.8 Å². The molecule has 0 unspecified atom stereocenters. The van der Waals surface area contributed by atoms with Crippen molar-refractivity contribution in [3.05, 3.63) is 0 Å². The molecule has 1 fully saturated rings. The molecule has 0 bridgehead atoms. The zero-order valence-electron chi connectivity index (χ0n) is 10.1. The van der Waals surface area contributed by atoms with Gasteiger partial charge in [-0.25, -0.2) is 0 Å². The van der Waals surface area contributed by atoms with Gasteiger partial charge >= 0.3 is 0 Å². The van der Waals surface area contributed by atoms with E-state index in [0.717, 1.165) is 24.9 Å². The topological polar surface area (TPSA) is 15.3 Å². The van der Waals surface area contributed by atoms with Crippen LogP contribution in [0.25, 0.3) is 0 Å². The van der Waals surface area contributed by atoms with Crippen LogP contribution in [0.1, 0.15) is 32.6 Å². The molecule has 0 heterocycles. The number of hydrogen-bond acceptors (Lipinski definition) is 2. The molecule has 0 radical (unpaired) electrons. The Hall–Kier alpha value is -0.0800. The average molecular weight is 198 g/mol. The Morgan fingerprint density at radius 3 is 2.36 bits per heavy atom. The van der Waals surface area contributed by atoms with Crippen molar-refractivity contribution in [3.63, 3.8) is 0 Å². The van der Waals surface area contributed by atoms with Gasteiger partial charge in [-0.3, -0.25) is 0 Å². The second-order valence-electron chi connectivity index (χ2n) is 5.13. The van der Waals surface area contributed by atoms with Crippen molar-refractivity contribution in [2.24, 2.45) is 11.8 Å². The highest BCUT2D eigenvalue weighted by Gasteiger charge is 2.17. The molecule has 1 aliphatic rings. The Morgan fingerprint density at radius 1 is 1.14 bits per heavy atom. The molecular formula is C12H26N2. The van der Waals surface area contributed by atoms with E-state index in [1.807, 2.05) is 0 Å². The molecule has 14 heavy (non-hydrogen) atoms. The van der Waals surface area contributed by atoms with E-state index < -0.39 is 0 Å². The maximum absolute atomic E-state index is 3.56. The van der Waals surface area contributed by atoms with E-state index in [9.17, 15) is 0 Å². The molecule has 2 heteroatoms. The van der Waals surface area contributed by atoms with E-state index >= 15 is 0 Å². The molecule has 0 aliphatic heterocycles. The van der Waals surface area contributed by atoms with E-state index in [4.69, 9.17) is 0 Å². The summed E-state index contributed by atoms with van der Waals surface area (Å²) in [6.45, 7) is 5.92. The van der Waals surface area contributed by atoms with Gasteiger partial charge in [0.1, 0.15) is 0 Å². The van der Waals surface area contributed by atoms with Crippen LogP contribution < -0.4 is 5.32 Å². The lowest BCUT2D eigenvalue weighted by Crippen LogP contribution is -2.31. The summed E-state index contributed by atoms with van der Waals surface area (Å²) >= 11 is 0. The van der Waals surface area contributed by atoms with Crippen molar-refractivity contribution in [1.82, 2.24) is 10.2 Å². The number of likely N-dealkylation sites (N-methyl/N-ethyl adjacent to an activating group) is 1. The fourth-order valence-electron chi connectivity index (χ4n) is 2.14. The monoisotopic (exact) mass is 198 g/mol. The molecule has 1 N–H and O–H groups in total. The normalized spacial score (nSPS) is 28.3. The van der Waals surface area contributed by atoms with Crippen molar-refractivity contribution >= 4 is 0 Å². The first-order chi connectivity index (χ1) is 6.68. The van der Waals surface area contributed by atoms with Gasteiger partial charge in [-0.2, -0.15) is 0 Å². The Kier molecular flexibility index (Phi) is 5.49. The highest BCUT2D eigenvalue weighted by molar-refractivity contribution is 4.71. The highest BCUT2D eigenvalue weighted by atomic mass is 15.1. The Labute approximate surface area is 89.1 Å². The molecule has 0 aromatic heterocycles. The van der Waals surface area contributed by atoms with Gasteiger partial charge in [0.25, 0.3) is 0 Å². The second kappa shape index (κ2) is 6.41. The average Bonchev–Trinajstić information content (AvgIpc) is 2.15. The summed E-state index contributed by atoms with van der Waals surface area (Å²) in [6, 6.07) is 0. The minimum Gasteiger partial charge on any atom is -0.315 e. The van der Waals surface area contributed by atoms with Crippen LogP contribution in [0.4, 0.5) is 0 Å². The SMILES string of the molecule is CC1CCC(CNCCN(C)C)CC1. The zero-order chi connectivity index (χ0) is 10.4. The Bertz CT molecular complexity index is 137. The fourth-order valence-corrected chi connectivity index (χ4v) is 2.14. The summed E-state index contributed by atoms with van der Waals surface area (Å²) in [6.07, 6.45) is 5.77. The van der Waals surface area contributed by atoms with Crippen molar-refractivity contribution in [1.29, 1.82) is 0 Å². The third-order valence-electron chi connectivity index (χ3n) is 3.30. The fraction of sp³-hybridized carbons (Fsp3) is 1.00. The number of rotatable bonds is 5. The van der Waals surface area contributed by atoms with E-state index in [2.05, 4.69) is 31.2 Å². The van der Waals surface area contributed by atoms with Gasteiger partial charge in [0.15, 0.2) is 0 Å². The van der Waals surface area contributed by atoms with E-state index in [-0.39, 0.29) is 0 Å². The van der Waals surface area contributed by atoms with E-state index in [0.29, 0.717) is 0 Å². The first kappa shape index (κ1) is 12.0. The molecule has 0 saturated heterocycles. The van der Waals surface area contributed by atoms with Gasteiger partial charge < -0.3 is 10.2 Å². The molecule has 0 aromatic rings. The lowest BCUT2D eigenvalue weighted by molar-refractivity contribution is 0.278. The molecule has 1 rings (SSSR count). The van der Waals surface area contributed by atoms with Gasteiger partial charge in [0.05, 0.1) is 0 Å². The maximum Gasteiger partial charge on any atom is 0.0101 e. The quantitative estimate of drug-likeness (QED) is 0.679. The number of nitrogens with one attached hydrogen (secondary N) is 1. The summed E-state index contributed by atoms with van der Waals surface area (Å²) < 4.78 is 0. The predicted molar refractivity (Wildman–Crippen MR) is 62.5 cm³/mol. The third kappa shape index (κ3) is 4.97. The third-order valence-corrected chi connectivity index (χ3v) is 3.30. The standard InChI is InChI=1S/C12H26N2/c1-11-4-6-12(7-5-11)10-13-8-9-14(2)3/h11-13H,4-10H2,1-3H3. The van der Waals surface area contributed by atoms with Gasteiger partial charge in [0.2, 0.25) is 0 Å². The largest absolute Gasteiger partial charge is 0.315 e. The summed E-state index contributed by atoms with van der Waals surface area (Å²) in [7, 11) is 4.26.